The molecule has 0 bridgehead atoms. The first-order chi connectivity index (χ1) is 10.9. The summed E-state index contributed by atoms with van der Waals surface area (Å²) in [5.41, 5.74) is 1.38. The highest BCUT2D eigenvalue weighted by molar-refractivity contribution is 7.92. The van der Waals surface area contributed by atoms with Crippen LogP contribution in [0.4, 0.5) is 5.69 Å². The van der Waals surface area contributed by atoms with E-state index < -0.39 is 10.0 Å². The molecule has 3 aromatic rings. The topological polar surface area (TPSA) is 70.2 Å². The molecule has 23 heavy (non-hydrogen) atoms. The fourth-order valence-corrected chi connectivity index (χ4v) is 3.34. The lowest BCUT2D eigenvalue weighted by atomic mass is 10.1. The predicted molar refractivity (Wildman–Crippen MR) is 92.0 cm³/mol. The van der Waals surface area contributed by atoms with Crippen molar-refractivity contribution in [2.24, 2.45) is 0 Å². The molecule has 0 saturated carbocycles. The van der Waals surface area contributed by atoms with Gasteiger partial charge < -0.3 is 4.98 Å². The Labute approximate surface area is 134 Å². The summed E-state index contributed by atoms with van der Waals surface area (Å²) in [5.74, 6) is 0. The van der Waals surface area contributed by atoms with Crippen LogP contribution in [0.5, 0.6) is 0 Å². The van der Waals surface area contributed by atoms with E-state index >= 15 is 0 Å². The van der Waals surface area contributed by atoms with Crippen molar-refractivity contribution in [3.63, 3.8) is 0 Å². The van der Waals surface area contributed by atoms with E-state index in [1.165, 1.54) is 4.31 Å². The number of hydrogen-bond donors (Lipinski definition) is 1. The van der Waals surface area contributed by atoms with Crippen molar-refractivity contribution in [3.05, 3.63) is 76.6 Å². The molecule has 3 rings (SSSR count). The van der Waals surface area contributed by atoms with Gasteiger partial charge in [0, 0.05) is 11.1 Å². The third-order valence-corrected chi connectivity index (χ3v) is 4.73. The van der Waals surface area contributed by atoms with Gasteiger partial charge in [-0.15, -0.1) is 0 Å². The van der Waals surface area contributed by atoms with Crippen molar-refractivity contribution in [3.8, 4) is 0 Å². The lowest BCUT2D eigenvalue weighted by Crippen LogP contribution is -2.31. The summed E-state index contributed by atoms with van der Waals surface area (Å²) in [4.78, 5) is 15.0. The predicted octanol–water partition coefficient (Wildman–Crippen LogP) is 2.49. The normalized spacial score (nSPS) is 11.5. The van der Waals surface area contributed by atoms with E-state index in [0.717, 1.165) is 17.2 Å². The van der Waals surface area contributed by atoms with Gasteiger partial charge in [-0.2, -0.15) is 0 Å². The molecule has 5 nitrogen and oxygen atoms in total. The summed E-state index contributed by atoms with van der Waals surface area (Å²) < 4.78 is 25.5. The van der Waals surface area contributed by atoms with Crippen LogP contribution >= 0.6 is 0 Å². The van der Waals surface area contributed by atoms with Gasteiger partial charge in [0.25, 0.3) is 5.56 Å². The van der Waals surface area contributed by atoms with Gasteiger partial charge in [0.2, 0.25) is 10.0 Å². The molecule has 6 heteroatoms. The second-order valence-electron chi connectivity index (χ2n) is 5.32. The molecule has 0 fully saturated rings. The standard InChI is InChI=1S/C17H16N2O3S/c1-23(21,22)19(15-8-3-2-4-9-15)12-14-11-13-7-5-6-10-16(13)18-17(14)20/h2-11H,12H2,1H3,(H,18,20). The number of nitrogens with one attached hydrogen (secondary N) is 1. The molecule has 1 N–H and O–H groups in total. The number of H-pyrrole nitrogens is 1. The molecule has 0 aliphatic heterocycles. The van der Waals surface area contributed by atoms with Crippen LogP contribution < -0.4 is 9.86 Å². The average molecular weight is 328 g/mol. The zero-order valence-corrected chi connectivity index (χ0v) is 13.4. The van der Waals surface area contributed by atoms with E-state index in [-0.39, 0.29) is 12.1 Å². The second kappa shape index (κ2) is 5.89. The molecule has 0 aliphatic carbocycles. The summed E-state index contributed by atoms with van der Waals surface area (Å²) >= 11 is 0. The highest BCUT2D eigenvalue weighted by Crippen LogP contribution is 2.20. The Balaban J connectivity index is 2.07. The largest absolute Gasteiger partial charge is 0.322 e. The van der Waals surface area contributed by atoms with Gasteiger partial charge in [0.15, 0.2) is 0 Å². The van der Waals surface area contributed by atoms with Gasteiger partial charge in [-0.25, -0.2) is 8.42 Å². The number of aromatic nitrogens is 1. The molecule has 0 saturated heterocycles. The highest BCUT2D eigenvalue weighted by Gasteiger charge is 2.19. The minimum atomic E-state index is -3.51. The molecule has 1 heterocycles. The van der Waals surface area contributed by atoms with Gasteiger partial charge in [0.1, 0.15) is 0 Å². The summed E-state index contributed by atoms with van der Waals surface area (Å²) in [6.07, 6.45) is 1.13. The highest BCUT2D eigenvalue weighted by atomic mass is 32.2. The molecule has 2 aromatic carbocycles. The molecule has 0 unspecified atom stereocenters. The minimum absolute atomic E-state index is 0.0109. The van der Waals surface area contributed by atoms with Gasteiger partial charge in [0.05, 0.1) is 18.5 Å². The minimum Gasteiger partial charge on any atom is -0.322 e. The van der Waals surface area contributed by atoms with E-state index in [1.807, 2.05) is 30.3 Å². The Morgan fingerprint density at radius 1 is 1.00 bits per heavy atom. The maximum Gasteiger partial charge on any atom is 0.253 e. The van der Waals surface area contributed by atoms with Crippen LogP contribution in [0.1, 0.15) is 5.56 Å². The lowest BCUT2D eigenvalue weighted by Gasteiger charge is -2.22. The first-order valence-corrected chi connectivity index (χ1v) is 8.94. The van der Waals surface area contributed by atoms with Crippen LogP contribution in [0, 0.1) is 0 Å². The Kier molecular flexibility index (Phi) is 3.92. The second-order valence-corrected chi connectivity index (χ2v) is 7.22. The van der Waals surface area contributed by atoms with E-state index in [2.05, 4.69) is 4.98 Å². The fourth-order valence-electron chi connectivity index (χ4n) is 2.46. The number of anilines is 1. The molecule has 0 amide bonds. The first kappa shape index (κ1) is 15.3. The monoisotopic (exact) mass is 328 g/mol. The number of benzene rings is 2. The fraction of sp³-hybridized carbons (Fsp3) is 0.118. The van der Waals surface area contributed by atoms with Gasteiger partial charge in [-0.05, 0) is 29.7 Å². The number of sulfonamides is 1. The SMILES string of the molecule is CS(=O)(=O)N(Cc1cc2ccccc2[nH]c1=O)c1ccccc1. The molecule has 0 spiro atoms. The van der Waals surface area contributed by atoms with Crippen LogP contribution in [0.2, 0.25) is 0 Å². The molecular formula is C17H16N2O3S. The molecule has 118 valence electrons. The quantitative estimate of drug-likeness (QED) is 0.800. The van der Waals surface area contributed by atoms with Gasteiger partial charge >= 0.3 is 0 Å². The van der Waals surface area contributed by atoms with Crippen molar-refractivity contribution in [1.29, 1.82) is 0 Å². The van der Waals surface area contributed by atoms with Crippen LogP contribution in [0.3, 0.4) is 0 Å². The third-order valence-electron chi connectivity index (χ3n) is 3.59. The van der Waals surface area contributed by atoms with E-state index in [9.17, 15) is 13.2 Å². The van der Waals surface area contributed by atoms with Crippen molar-refractivity contribution < 1.29 is 8.42 Å². The average Bonchev–Trinajstić information content (AvgIpc) is 2.52. The van der Waals surface area contributed by atoms with E-state index in [4.69, 9.17) is 0 Å². The maximum atomic E-state index is 12.2. The summed E-state index contributed by atoms with van der Waals surface area (Å²) in [6.45, 7) is -0.0109. The third kappa shape index (κ3) is 3.27. The van der Waals surface area contributed by atoms with Gasteiger partial charge in [-0.1, -0.05) is 36.4 Å². The van der Waals surface area contributed by atoms with Crippen LogP contribution in [-0.4, -0.2) is 19.7 Å². The number of para-hydroxylation sites is 2. The van der Waals surface area contributed by atoms with Crippen molar-refractivity contribution in [2.75, 3.05) is 10.6 Å². The first-order valence-electron chi connectivity index (χ1n) is 7.09. The van der Waals surface area contributed by atoms with E-state index in [1.54, 1.807) is 30.3 Å². The zero-order chi connectivity index (χ0) is 16.4. The zero-order valence-electron chi connectivity index (χ0n) is 12.6. The maximum absolute atomic E-state index is 12.2. The Morgan fingerprint density at radius 3 is 2.35 bits per heavy atom. The Hall–Kier alpha value is -2.60. The van der Waals surface area contributed by atoms with Crippen molar-refractivity contribution in [1.82, 2.24) is 4.98 Å². The van der Waals surface area contributed by atoms with Crippen molar-refractivity contribution >= 4 is 26.6 Å². The number of hydrogen-bond acceptors (Lipinski definition) is 3. The number of pyridine rings is 1. The Morgan fingerprint density at radius 2 is 1.65 bits per heavy atom. The van der Waals surface area contributed by atoms with E-state index in [0.29, 0.717) is 11.3 Å². The number of fused-ring (bicyclic) bond motifs is 1. The van der Waals surface area contributed by atoms with Crippen LogP contribution in [0.15, 0.2) is 65.5 Å². The van der Waals surface area contributed by atoms with Crippen LogP contribution in [-0.2, 0) is 16.6 Å². The number of rotatable bonds is 4. The lowest BCUT2D eigenvalue weighted by molar-refractivity contribution is 0.596. The number of aromatic amines is 1. The van der Waals surface area contributed by atoms with Gasteiger partial charge in [-0.3, -0.25) is 9.10 Å². The molecular weight excluding hydrogens is 312 g/mol. The number of nitrogens with zero attached hydrogens (tertiary/aromatic N) is 1. The van der Waals surface area contributed by atoms with Crippen molar-refractivity contribution in [2.45, 2.75) is 6.54 Å². The smallest absolute Gasteiger partial charge is 0.253 e. The summed E-state index contributed by atoms with van der Waals surface area (Å²) in [5, 5.41) is 0.864. The summed E-state index contributed by atoms with van der Waals surface area (Å²) in [7, 11) is -3.51. The Bertz CT molecular complexity index is 995. The molecule has 0 aliphatic rings. The summed E-state index contributed by atoms with van der Waals surface area (Å²) in [6, 6.07) is 17.9. The molecule has 0 radical (unpaired) electrons. The molecule has 0 atom stereocenters. The molecule has 1 aromatic heterocycles. The van der Waals surface area contributed by atoms with Crippen LogP contribution in [0.25, 0.3) is 10.9 Å².